The van der Waals surface area contributed by atoms with Crippen molar-refractivity contribution in [1.29, 1.82) is 0 Å². The molecule has 0 radical (unpaired) electrons. The first kappa shape index (κ1) is 25.4. The Hall–Kier alpha value is -4.21. The van der Waals surface area contributed by atoms with Crippen LogP contribution in [0.2, 0.25) is 0 Å². The normalized spacial score (nSPS) is 10.7. The van der Waals surface area contributed by atoms with Gasteiger partial charge in [0.2, 0.25) is 11.8 Å². The highest BCUT2D eigenvalue weighted by Crippen LogP contribution is 2.15. The number of halogens is 1. The summed E-state index contributed by atoms with van der Waals surface area (Å²) in [6.07, 6.45) is 1.36. The van der Waals surface area contributed by atoms with Crippen molar-refractivity contribution in [2.24, 2.45) is 0 Å². The first-order valence-corrected chi connectivity index (χ1v) is 11.2. The van der Waals surface area contributed by atoms with Crippen LogP contribution < -0.4 is 27.6 Å². The average molecular weight is 482 g/mol. The minimum absolute atomic E-state index is 0.0583. The fourth-order valence-corrected chi connectivity index (χ4v) is 3.60. The predicted octanol–water partition coefficient (Wildman–Crippen LogP) is 2.72. The first-order chi connectivity index (χ1) is 16.7. The zero-order chi connectivity index (χ0) is 25.5. The van der Waals surface area contributed by atoms with Crippen LogP contribution in [0.15, 0.2) is 58.1 Å². The average Bonchev–Trinajstić information content (AvgIpc) is 2.80. The third-order valence-electron chi connectivity index (χ3n) is 5.34. The summed E-state index contributed by atoms with van der Waals surface area (Å²) in [5.41, 5.74) is 6.23. The quantitative estimate of drug-likeness (QED) is 0.433. The maximum absolute atomic E-state index is 13.7. The van der Waals surface area contributed by atoms with Gasteiger partial charge in [0.15, 0.2) is 0 Å². The number of rotatable bonds is 9. The van der Waals surface area contributed by atoms with Gasteiger partial charge < -0.3 is 16.4 Å². The van der Waals surface area contributed by atoms with E-state index in [0.717, 1.165) is 11.0 Å². The molecule has 0 fully saturated rings. The lowest BCUT2D eigenvalue weighted by molar-refractivity contribution is -0.116. The highest BCUT2D eigenvalue weighted by Gasteiger charge is 2.19. The van der Waals surface area contributed by atoms with Crippen LogP contribution in [0.3, 0.4) is 0 Å². The van der Waals surface area contributed by atoms with Gasteiger partial charge in [-0.3, -0.25) is 23.5 Å². The molecule has 2 aromatic carbocycles. The maximum atomic E-state index is 13.7. The van der Waals surface area contributed by atoms with Crippen molar-refractivity contribution in [3.63, 3.8) is 0 Å². The molecule has 0 atom stereocenters. The second-order valence-electron chi connectivity index (χ2n) is 8.17. The van der Waals surface area contributed by atoms with E-state index in [1.807, 2.05) is 6.92 Å². The number of nitrogen functional groups attached to an aromatic ring is 1. The van der Waals surface area contributed by atoms with Crippen LogP contribution in [0.5, 0.6) is 0 Å². The minimum atomic E-state index is -0.765. The summed E-state index contributed by atoms with van der Waals surface area (Å²) < 4.78 is 15.9. The number of nitrogens with two attached hydrogens (primary N) is 1. The van der Waals surface area contributed by atoms with Crippen LogP contribution in [-0.2, 0) is 29.1 Å². The predicted molar refractivity (Wildman–Crippen MR) is 133 cm³/mol. The largest absolute Gasteiger partial charge is 0.383 e. The molecule has 0 unspecified atom stereocenters. The van der Waals surface area contributed by atoms with E-state index < -0.39 is 23.0 Å². The van der Waals surface area contributed by atoms with Crippen molar-refractivity contribution < 1.29 is 14.0 Å². The van der Waals surface area contributed by atoms with E-state index in [4.69, 9.17) is 5.73 Å². The van der Waals surface area contributed by atoms with E-state index in [-0.39, 0.29) is 36.9 Å². The van der Waals surface area contributed by atoms with E-state index in [9.17, 15) is 23.6 Å². The first-order valence-electron chi connectivity index (χ1n) is 11.2. The summed E-state index contributed by atoms with van der Waals surface area (Å²) in [6, 6.07) is 12.3. The van der Waals surface area contributed by atoms with Gasteiger partial charge >= 0.3 is 5.69 Å². The Morgan fingerprint density at radius 1 is 1.00 bits per heavy atom. The molecule has 1 aromatic heterocycles. The summed E-state index contributed by atoms with van der Waals surface area (Å²) in [7, 11) is 0. The van der Waals surface area contributed by atoms with Gasteiger partial charge in [0.05, 0.1) is 13.0 Å². The lowest BCUT2D eigenvalue weighted by Gasteiger charge is -2.17. The smallest absolute Gasteiger partial charge is 0.332 e. The molecule has 10 heteroatoms. The molecule has 4 N–H and O–H groups in total. The molecule has 9 nitrogen and oxygen atoms in total. The summed E-state index contributed by atoms with van der Waals surface area (Å²) in [6.45, 7) is 3.43. The van der Waals surface area contributed by atoms with Gasteiger partial charge in [0.1, 0.15) is 17.3 Å². The number of carbonyl (C=O) groups is 2. The second-order valence-corrected chi connectivity index (χ2v) is 8.17. The zero-order valence-electron chi connectivity index (χ0n) is 19.6. The lowest BCUT2D eigenvalue weighted by atomic mass is 10.1. The van der Waals surface area contributed by atoms with Gasteiger partial charge in [-0.05, 0) is 41.8 Å². The maximum Gasteiger partial charge on any atom is 0.332 e. The van der Waals surface area contributed by atoms with E-state index in [1.54, 1.807) is 30.3 Å². The molecule has 3 aromatic rings. The number of aromatic nitrogens is 2. The van der Waals surface area contributed by atoms with E-state index in [1.165, 1.54) is 29.7 Å². The Balaban J connectivity index is 1.92. The molecule has 0 saturated carbocycles. The molecule has 0 saturated heterocycles. The van der Waals surface area contributed by atoms with Crippen LogP contribution in [0.25, 0.3) is 0 Å². The number of hydrogen-bond acceptors (Lipinski definition) is 5. The molecule has 0 aliphatic rings. The van der Waals surface area contributed by atoms with Gasteiger partial charge in [-0.2, -0.15) is 0 Å². The third kappa shape index (κ3) is 6.44. The van der Waals surface area contributed by atoms with Gasteiger partial charge in [0.25, 0.3) is 5.56 Å². The number of nitrogens with zero attached hydrogens (tertiary/aromatic N) is 2. The zero-order valence-corrected chi connectivity index (χ0v) is 19.6. The Morgan fingerprint density at radius 3 is 2.34 bits per heavy atom. The molecule has 1 heterocycles. The highest BCUT2D eigenvalue weighted by molar-refractivity contribution is 5.94. The van der Waals surface area contributed by atoms with Crippen LogP contribution in [0.4, 0.5) is 21.6 Å². The molecule has 0 spiro atoms. The summed E-state index contributed by atoms with van der Waals surface area (Å²) >= 11 is 0. The fraction of sp³-hybridized carbons (Fsp3) is 0.280. The van der Waals surface area contributed by atoms with Gasteiger partial charge in [-0.1, -0.05) is 37.6 Å². The van der Waals surface area contributed by atoms with Crippen LogP contribution >= 0.6 is 0 Å². The van der Waals surface area contributed by atoms with Crippen molar-refractivity contribution in [3.05, 3.63) is 86.3 Å². The van der Waals surface area contributed by atoms with Gasteiger partial charge in [-0.25, -0.2) is 9.18 Å². The van der Waals surface area contributed by atoms with Crippen LogP contribution in [0, 0.1) is 5.82 Å². The van der Waals surface area contributed by atoms with Gasteiger partial charge in [0, 0.05) is 19.2 Å². The molecule has 0 aliphatic carbocycles. The third-order valence-corrected chi connectivity index (χ3v) is 5.34. The fourth-order valence-electron chi connectivity index (χ4n) is 3.60. The van der Waals surface area contributed by atoms with Crippen LogP contribution in [-0.4, -0.2) is 20.9 Å². The number of nitrogens with one attached hydrogen (secondary N) is 2. The Kier molecular flexibility index (Phi) is 8.19. The van der Waals surface area contributed by atoms with Crippen molar-refractivity contribution in [2.75, 3.05) is 16.4 Å². The van der Waals surface area contributed by atoms with Crippen molar-refractivity contribution in [2.45, 2.75) is 46.2 Å². The summed E-state index contributed by atoms with van der Waals surface area (Å²) in [5, 5.41) is 5.20. The molecule has 3 rings (SSSR count). The number of anilines is 3. The number of amides is 2. The standard InChI is InChI=1S/C25H28FN5O4/c1-3-4-12-30-23(27)22(24(34)31(25(30)35)15-18-6-5-7-19(26)13-18)29-21(33)14-17-8-10-20(11-9-17)28-16(2)32/h5-11,13H,3-4,12,14-15,27H2,1-2H3,(H,28,32)(H,29,33). The molecule has 0 bridgehead atoms. The van der Waals surface area contributed by atoms with Crippen molar-refractivity contribution in [3.8, 4) is 0 Å². The minimum Gasteiger partial charge on any atom is -0.383 e. The van der Waals surface area contributed by atoms with Crippen LogP contribution in [0.1, 0.15) is 37.8 Å². The van der Waals surface area contributed by atoms with Crippen molar-refractivity contribution in [1.82, 2.24) is 9.13 Å². The topological polar surface area (TPSA) is 128 Å². The summed E-state index contributed by atoms with van der Waals surface area (Å²) in [4.78, 5) is 50.1. The molecule has 184 valence electrons. The van der Waals surface area contributed by atoms with E-state index >= 15 is 0 Å². The number of carbonyl (C=O) groups excluding carboxylic acids is 2. The molecule has 35 heavy (non-hydrogen) atoms. The molecule has 2 amide bonds. The number of hydrogen-bond donors (Lipinski definition) is 3. The SMILES string of the molecule is CCCCn1c(N)c(NC(=O)Cc2ccc(NC(C)=O)cc2)c(=O)n(Cc2cccc(F)c2)c1=O. The second kappa shape index (κ2) is 11.3. The van der Waals surface area contributed by atoms with E-state index in [2.05, 4.69) is 10.6 Å². The highest BCUT2D eigenvalue weighted by atomic mass is 19.1. The molecule has 0 aliphatic heterocycles. The van der Waals surface area contributed by atoms with E-state index in [0.29, 0.717) is 23.2 Å². The Labute approximate surface area is 201 Å². The molecular weight excluding hydrogens is 453 g/mol. The summed E-state index contributed by atoms with van der Waals surface area (Å²) in [5.74, 6) is -1.33. The lowest BCUT2D eigenvalue weighted by Crippen LogP contribution is -2.43. The number of unbranched alkanes of at least 4 members (excludes halogenated alkanes) is 1. The Morgan fingerprint density at radius 2 is 1.71 bits per heavy atom. The monoisotopic (exact) mass is 481 g/mol. The molecular formula is C25H28FN5O4. The Bertz CT molecular complexity index is 1350. The number of benzene rings is 2. The van der Waals surface area contributed by atoms with Gasteiger partial charge in [-0.15, -0.1) is 0 Å². The van der Waals surface area contributed by atoms with Crippen molar-refractivity contribution >= 4 is 29.0 Å².